The summed E-state index contributed by atoms with van der Waals surface area (Å²) in [5.74, 6) is -0.614. The third kappa shape index (κ3) is 3.31. The fraction of sp³-hybridized carbons (Fsp3) is 0.188. The van der Waals surface area contributed by atoms with E-state index in [1.807, 2.05) is 0 Å². The largest absolute Gasteiger partial charge is 0.472 e. The number of carbonyl (C=O) groups is 1. The molecule has 0 aliphatic rings. The first kappa shape index (κ1) is 18.4. The number of ether oxygens (including phenoxy) is 1. The van der Waals surface area contributed by atoms with E-state index >= 15 is 0 Å². The van der Waals surface area contributed by atoms with Gasteiger partial charge in [-0.25, -0.2) is 17.9 Å². The van der Waals surface area contributed by atoms with E-state index < -0.39 is 28.1 Å². The highest BCUT2D eigenvalue weighted by Gasteiger charge is 2.37. The van der Waals surface area contributed by atoms with Crippen molar-refractivity contribution in [3.8, 4) is 0 Å². The molecule has 3 aromatic rings. The number of nitrogens with one attached hydrogen (secondary N) is 1. The number of furan rings is 2. The highest BCUT2D eigenvalue weighted by Crippen LogP contribution is 2.31. The fourth-order valence-electron chi connectivity index (χ4n) is 2.37. The van der Waals surface area contributed by atoms with Gasteiger partial charge >= 0.3 is 5.97 Å². The number of methoxy groups -OCH3 is 1. The van der Waals surface area contributed by atoms with Crippen molar-refractivity contribution in [2.24, 2.45) is 0 Å². The van der Waals surface area contributed by atoms with Crippen LogP contribution in [0.3, 0.4) is 0 Å². The van der Waals surface area contributed by atoms with Crippen LogP contribution in [0.1, 0.15) is 21.0 Å². The second kappa shape index (κ2) is 7.08. The van der Waals surface area contributed by atoms with E-state index in [0.717, 1.165) is 11.3 Å². The number of hydrogen-bond acceptors (Lipinski definition) is 8. The van der Waals surface area contributed by atoms with Gasteiger partial charge < -0.3 is 18.7 Å². The lowest BCUT2D eigenvalue weighted by Gasteiger charge is -2.25. The smallest absolute Gasteiger partial charge is 0.349 e. The number of sulfonamides is 1. The number of hydrogen-bond donors (Lipinski definition) is 2. The van der Waals surface area contributed by atoms with Crippen LogP contribution in [0.25, 0.3) is 0 Å². The molecule has 138 valence electrons. The Balaban J connectivity index is 1.91. The van der Waals surface area contributed by atoms with Gasteiger partial charge in [0.05, 0.1) is 32.4 Å². The predicted octanol–water partition coefficient (Wildman–Crippen LogP) is 1.94. The molecule has 0 radical (unpaired) electrons. The lowest BCUT2D eigenvalue weighted by atomic mass is 9.94. The quantitative estimate of drug-likeness (QED) is 0.585. The van der Waals surface area contributed by atoms with Crippen molar-refractivity contribution in [1.29, 1.82) is 0 Å². The minimum Gasteiger partial charge on any atom is -0.472 e. The molecular weight excluding hydrogens is 382 g/mol. The summed E-state index contributed by atoms with van der Waals surface area (Å²) in [6, 6.07) is 5.89. The Morgan fingerprint density at radius 1 is 1.35 bits per heavy atom. The summed E-state index contributed by atoms with van der Waals surface area (Å²) in [4.78, 5) is 11.5. The summed E-state index contributed by atoms with van der Waals surface area (Å²) in [5.41, 5.74) is -1.47. The van der Waals surface area contributed by atoms with Crippen LogP contribution in [0, 0.1) is 0 Å². The van der Waals surface area contributed by atoms with Crippen LogP contribution in [-0.2, 0) is 20.4 Å². The lowest BCUT2D eigenvalue weighted by molar-refractivity contribution is 0.0602. The molecule has 1 atom stereocenters. The minimum absolute atomic E-state index is 0.0511. The zero-order valence-electron chi connectivity index (χ0n) is 13.5. The number of esters is 1. The van der Waals surface area contributed by atoms with E-state index in [9.17, 15) is 18.3 Å². The molecule has 0 aliphatic heterocycles. The summed E-state index contributed by atoms with van der Waals surface area (Å²) >= 11 is 0.948. The molecule has 26 heavy (non-hydrogen) atoms. The summed E-state index contributed by atoms with van der Waals surface area (Å²) in [5, 5.41) is 12.5. The van der Waals surface area contributed by atoms with Gasteiger partial charge in [-0.3, -0.25) is 0 Å². The van der Waals surface area contributed by atoms with E-state index in [-0.39, 0.29) is 15.5 Å². The first-order valence-corrected chi connectivity index (χ1v) is 9.69. The Kier molecular flexibility index (Phi) is 5.01. The van der Waals surface area contributed by atoms with E-state index in [1.165, 1.54) is 49.5 Å². The average Bonchev–Trinajstić information content (AvgIpc) is 3.39. The van der Waals surface area contributed by atoms with Crippen LogP contribution < -0.4 is 4.72 Å². The lowest BCUT2D eigenvalue weighted by Crippen LogP contribution is -2.41. The van der Waals surface area contributed by atoms with Crippen molar-refractivity contribution >= 4 is 27.3 Å². The highest BCUT2D eigenvalue weighted by molar-refractivity contribution is 7.89. The van der Waals surface area contributed by atoms with Crippen molar-refractivity contribution in [1.82, 2.24) is 4.72 Å². The second-order valence-corrected chi connectivity index (χ2v) is 7.93. The normalized spacial score (nSPS) is 14.1. The number of carbonyl (C=O) groups excluding carboxylic acids is 1. The molecular formula is C16H15NO7S2. The van der Waals surface area contributed by atoms with Gasteiger partial charge in [-0.15, -0.1) is 11.3 Å². The zero-order valence-corrected chi connectivity index (χ0v) is 15.2. The highest BCUT2D eigenvalue weighted by atomic mass is 32.2. The third-order valence-corrected chi connectivity index (χ3v) is 6.20. The van der Waals surface area contributed by atoms with Crippen molar-refractivity contribution in [2.75, 3.05) is 13.7 Å². The molecule has 0 amide bonds. The first-order valence-electron chi connectivity index (χ1n) is 7.33. The van der Waals surface area contributed by atoms with E-state index in [1.54, 1.807) is 6.07 Å². The van der Waals surface area contributed by atoms with Gasteiger partial charge in [0.15, 0.2) is 5.60 Å². The van der Waals surface area contributed by atoms with Crippen LogP contribution in [0.2, 0.25) is 0 Å². The Bertz CT molecular complexity index is 938. The Labute approximate surface area is 153 Å². The van der Waals surface area contributed by atoms with E-state index in [2.05, 4.69) is 9.46 Å². The van der Waals surface area contributed by atoms with Gasteiger partial charge in [0, 0.05) is 5.56 Å². The maximum Gasteiger partial charge on any atom is 0.349 e. The molecule has 0 saturated carbocycles. The average molecular weight is 397 g/mol. The molecule has 0 fully saturated rings. The van der Waals surface area contributed by atoms with Crippen LogP contribution in [0.5, 0.6) is 0 Å². The molecule has 0 aliphatic carbocycles. The van der Waals surface area contributed by atoms with Gasteiger partial charge in [-0.1, -0.05) is 0 Å². The summed E-state index contributed by atoms with van der Waals surface area (Å²) in [6.45, 7) is -0.432. The Morgan fingerprint density at radius 3 is 2.77 bits per heavy atom. The van der Waals surface area contributed by atoms with Gasteiger partial charge in [0.25, 0.3) is 0 Å². The zero-order chi connectivity index (χ0) is 18.8. The Hall–Kier alpha value is -2.40. The molecule has 0 spiro atoms. The number of rotatable bonds is 7. The fourth-order valence-corrected chi connectivity index (χ4v) is 4.77. The van der Waals surface area contributed by atoms with Crippen molar-refractivity contribution in [3.63, 3.8) is 0 Å². The molecule has 10 heteroatoms. The van der Waals surface area contributed by atoms with E-state index in [4.69, 9.17) is 8.83 Å². The number of aliphatic hydroxyl groups is 1. The molecule has 0 aromatic carbocycles. The SMILES string of the molecule is COC(=O)c1sccc1S(=O)(=O)NC[C@](O)(c1ccoc1)c1ccco1. The van der Waals surface area contributed by atoms with Crippen molar-refractivity contribution in [2.45, 2.75) is 10.5 Å². The molecule has 3 heterocycles. The summed E-state index contributed by atoms with van der Waals surface area (Å²) < 4.78 is 42.4. The molecule has 8 nitrogen and oxygen atoms in total. The standard InChI is InChI=1S/C16H15NO7S2/c1-22-15(18)14-12(5-8-25-14)26(20,21)17-10-16(19,11-4-7-23-9-11)13-3-2-6-24-13/h2-9,17,19H,10H2,1H3/t16-/m0/s1. The predicted molar refractivity (Wildman–Crippen MR) is 91.3 cm³/mol. The van der Waals surface area contributed by atoms with Crippen LogP contribution in [0.4, 0.5) is 0 Å². The molecule has 3 aromatic heterocycles. The molecule has 2 N–H and O–H groups in total. The second-order valence-electron chi connectivity index (χ2n) is 5.28. The molecule has 0 saturated heterocycles. The van der Waals surface area contributed by atoms with Crippen LogP contribution in [-0.4, -0.2) is 33.1 Å². The van der Waals surface area contributed by atoms with Crippen molar-refractivity contribution < 1.29 is 31.9 Å². The van der Waals surface area contributed by atoms with Crippen LogP contribution in [0.15, 0.2) is 62.2 Å². The summed E-state index contributed by atoms with van der Waals surface area (Å²) in [6.07, 6.45) is 4.01. The van der Waals surface area contributed by atoms with Crippen molar-refractivity contribution in [3.05, 3.63) is 64.6 Å². The summed E-state index contributed by atoms with van der Waals surface area (Å²) in [7, 11) is -2.92. The topological polar surface area (TPSA) is 119 Å². The maximum absolute atomic E-state index is 12.6. The van der Waals surface area contributed by atoms with Crippen LogP contribution >= 0.6 is 11.3 Å². The van der Waals surface area contributed by atoms with Gasteiger partial charge in [-0.2, -0.15) is 0 Å². The van der Waals surface area contributed by atoms with Gasteiger partial charge in [0.2, 0.25) is 10.0 Å². The monoisotopic (exact) mass is 397 g/mol. The first-order chi connectivity index (χ1) is 12.4. The third-order valence-electron chi connectivity index (χ3n) is 3.73. The molecule has 0 bridgehead atoms. The Morgan fingerprint density at radius 2 is 2.15 bits per heavy atom. The minimum atomic E-state index is -4.09. The molecule has 3 rings (SSSR count). The van der Waals surface area contributed by atoms with Gasteiger partial charge in [-0.05, 0) is 29.6 Å². The van der Waals surface area contributed by atoms with Gasteiger partial charge in [0.1, 0.15) is 15.5 Å². The number of thiophene rings is 1. The maximum atomic E-state index is 12.6. The molecule has 0 unspecified atom stereocenters. The van der Waals surface area contributed by atoms with E-state index in [0.29, 0.717) is 5.56 Å².